The molecule has 3 atom stereocenters. The van der Waals surface area contributed by atoms with Crippen LogP contribution in [0.2, 0.25) is 0 Å². The van der Waals surface area contributed by atoms with E-state index in [2.05, 4.69) is 25.2 Å². The van der Waals surface area contributed by atoms with Crippen molar-refractivity contribution in [3.05, 3.63) is 35.9 Å². The fourth-order valence-corrected chi connectivity index (χ4v) is 2.87. The molecule has 21 heavy (non-hydrogen) atoms. The first-order valence-corrected chi connectivity index (χ1v) is 7.64. The monoisotopic (exact) mass is 285 g/mol. The number of nitrogens with zero attached hydrogens (tertiary/aromatic N) is 2. The van der Waals surface area contributed by atoms with Crippen molar-refractivity contribution in [2.24, 2.45) is 5.92 Å². The third-order valence-corrected chi connectivity index (χ3v) is 4.31. The number of rotatable bonds is 4. The minimum Gasteiger partial charge on any atom is -0.324 e. The molecule has 1 N–H and O–H groups in total. The summed E-state index contributed by atoms with van der Waals surface area (Å²) < 4.78 is 0. The zero-order valence-corrected chi connectivity index (χ0v) is 12.7. The second-order valence-corrected chi connectivity index (χ2v) is 5.65. The molecule has 1 heterocycles. The van der Waals surface area contributed by atoms with Crippen molar-refractivity contribution < 1.29 is 4.79 Å². The van der Waals surface area contributed by atoms with Gasteiger partial charge in [-0.25, -0.2) is 0 Å². The number of hydrogen-bond donors (Lipinski definition) is 1. The summed E-state index contributed by atoms with van der Waals surface area (Å²) in [5.74, 6) is 0.183. The molecular formula is C17H23N3O. The first-order valence-electron chi connectivity index (χ1n) is 7.64. The summed E-state index contributed by atoms with van der Waals surface area (Å²) in [5.41, 5.74) is 1.05. The van der Waals surface area contributed by atoms with Crippen LogP contribution in [0.25, 0.3) is 0 Å². The molecule has 1 aliphatic heterocycles. The van der Waals surface area contributed by atoms with E-state index in [1.807, 2.05) is 30.3 Å². The SMILES string of the molecule is CCC(C)C(C(=O)N1CCNCC1C#N)c1ccccc1. The minimum absolute atomic E-state index is 0.0867. The second kappa shape index (κ2) is 7.24. The average molecular weight is 285 g/mol. The molecule has 3 unspecified atom stereocenters. The molecule has 1 aromatic rings. The molecule has 0 radical (unpaired) electrons. The quantitative estimate of drug-likeness (QED) is 0.922. The van der Waals surface area contributed by atoms with Crippen LogP contribution in [-0.2, 0) is 4.79 Å². The number of carbonyl (C=O) groups is 1. The van der Waals surface area contributed by atoms with Gasteiger partial charge in [0.25, 0.3) is 0 Å². The molecule has 2 rings (SSSR count). The summed E-state index contributed by atoms with van der Waals surface area (Å²) in [6.45, 7) is 6.14. The van der Waals surface area contributed by atoms with Gasteiger partial charge in [-0.1, -0.05) is 50.6 Å². The Bertz CT molecular complexity index is 509. The first-order chi connectivity index (χ1) is 10.2. The largest absolute Gasteiger partial charge is 0.324 e. The molecule has 0 saturated carbocycles. The maximum Gasteiger partial charge on any atom is 0.231 e. The van der Waals surface area contributed by atoms with Gasteiger partial charge in [0.05, 0.1) is 12.0 Å². The van der Waals surface area contributed by atoms with Crippen molar-refractivity contribution in [1.82, 2.24) is 10.2 Å². The van der Waals surface area contributed by atoms with Crippen molar-refractivity contribution in [2.45, 2.75) is 32.2 Å². The van der Waals surface area contributed by atoms with Gasteiger partial charge in [0.1, 0.15) is 6.04 Å². The van der Waals surface area contributed by atoms with Crippen LogP contribution in [0.3, 0.4) is 0 Å². The summed E-state index contributed by atoms with van der Waals surface area (Å²) in [7, 11) is 0. The van der Waals surface area contributed by atoms with Gasteiger partial charge in [0, 0.05) is 19.6 Å². The molecular weight excluding hydrogens is 262 g/mol. The van der Waals surface area contributed by atoms with E-state index in [-0.39, 0.29) is 23.8 Å². The van der Waals surface area contributed by atoms with E-state index in [0.29, 0.717) is 13.1 Å². The van der Waals surface area contributed by atoms with Crippen molar-refractivity contribution in [3.63, 3.8) is 0 Å². The predicted octanol–water partition coefficient (Wildman–Crippen LogP) is 2.14. The molecule has 4 nitrogen and oxygen atoms in total. The van der Waals surface area contributed by atoms with Gasteiger partial charge in [-0.15, -0.1) is 0 Å². The van der Waals surface area contributed by atoms with Gasteiger partial charge in [-0.3, -0.25) is 4.79 Å². The zero-order chi connectivity index (χ0) is 15.2. The van der Waals surface area contributed by atoms with E-state index in [0.717, 1.165) is 18.5 Å². The number of carbonyl (C=O) groups excluding carboxylic acids is 1. The number of benzene rings is 1. The fraction of sp³-hybridized carbons (Fsp3) is 0.529. The molecule has 0 bridgehead atoms. The lowest BCUT2D eigenvalue weighted by molar-refractivity contribution is -0.136. The van der Waals surface area contributed by atoms with Gasteiger partial charge in [0.15, 0.2) is 0 Å². The topological polar surface area (TPSA) is 56.1 Å². The van der Waals surface area contributed by atoms with Crippen molar-refractivity contribution in [1.29, 1.82) is 5.26 Å². The van der Waals surface area contributed by atoms with Crippen LogP contribution in [0.5, 0.6) is 0 Å². The number of nitriles is 1. The highest BCUT2D eigenvalue weighted by Gasteiger charge is 2.34. The van der Waals surface area contributed by atoms with E-state index in [1.165, 1.54) is 0 Å². The normalized spacial score (nSPS) is 21.4. The van der Waals surface area contributed by atoms with E-state index in [1.54, 1.807) is 4.90 Å². The third kappa shape index (κ3) is 3.43. The van der Waals surface area contributed by atoms with Crippen molar-refractivity contribution >= 4 is 5.91 Å². The maximum atomic E-state index is 13.0. The summed E-state index contributed by atoms with van der Waals surface area (Å²) in [6.07, 6.45) is 0.939. The van der Waals surface area contributed by atoms with E-state index >= 15 is 0 Å². The fourth-order valence-electron chi connectivity index (χ4n) is 2.87. The first kappa shape index (κ1) is 15.5. The van der Waals surface area contributed by atoms with Crippen LogP contribution in [0, 0.1) is 17.2 Å². The third-order valence-electron chi connectivity index (χ3n) is 4.31. The molecule has 1 aliphatic rings. The zero-order valence-electron chi connectivity index (χ0n) is 12.7. The highest BCUT2D eigenvalue weighted by molar-refractivity contribution is 5.84. The van der Waals surface area contributed by atoms with Crippen LogP contribution < -0.4 is 5.32 Å². The number of amides is 1. The van der Waals surface area contributed by atoms with Crippen LogP contribution in [0.4, 0.5) is 0 Å². The van der Waals surface area contributed by atoms with Gasteiger partial charge in [0.2, 0.25) is 5.91 Å². The van der Waals surface area contributed by atoms with Crippen LogP contribution in [0.15, 0.2) is 30.3 Å². The molecule has 4 heteroatoms. The summed E-state index contributed by atoms with van der Waals surface area (Å²) in [6, 6.07) is 11.8. The lowest BCUT2D eigenvalue weighted by atomic mass is 9.84. The molecule has 1 saturated heterocycles. The predicted molar refractivity (Wildman–Crippen MR) is 82.6 cm³/mol. The van der Waals surface area contributed by atoms with E-state index in [9.17, 15) is 10.1 Å². The van der Waals surface area contributed by atoms with Gasteiger partial charge in [-0.2, -0.15) is 5.26 Å². The molecule has 112 valence electrons. The lowest BCUT2D eigenvalue weighted by Gasteiger charge is -2.36. The Morgan fingerprint density at radius 1 is 1.48 bits per heavy atom. The Morgan fingerprint density at radius 2 is 2.19 bits per heavy atom. The Kier molecular flexibility index (Phi) is 5.35. The van der Waals surface area contributed by atoms with Crippen molar-refractivity contribution in [3.8, 4) is 6.07 Å². The van der Waals surface area contributed by atoms with Gasteiger partial charge >= 0.3 is 0 Å². The lowest BCUT2D eigenvalue weighted by Crippen LogP contribution is -2.54. The average Bonchev–Trinajstić information content (AvgIpc) is 2.55. The highest BCUT2D eigenvalue weighted by atomic mass is 16.2. The Balaban J connectivity index is 2.28. The molecule has 0 aromatic heterocycles. The number of hydrogen-bond acceptors (Lipinski definition) is 3. The van der Waals surface area contributed by atoms with Gasteiger partial charge < -0.3 is 10.2 Å². The number of nitrogens with one attached hydrogen (secondary N) is 1. The maximum absolute atomic E-state index is 13.0. The standard InChI is InChI=1S/C17H23N3O/c1-3-13(2)16(14-7-5-4-6-8-14)17(21)20-10-9-19-12-15(20)11-18/h4-8,13,15-16,19H,3,9-10,12H2,1-2H3. The molecule has 1 amide bonds. The molecule has 1 fully saturated rings. The molecule has 1 aromatic carbocycles. The van der Waals surface area contributed by atoms with Crippen LogP contribution >= 0.6 is 0 Å². The summed E-state index contributed by atoms with van der Waals surface area (Å²) in [4.78, 5) is 14.8. The van der Waals surface area contributed by atoms with Gasteiger partial charge in [-0.05, 0) is 11.5 Å². The smallest absolute Gasteiger partial charge is 0.231 e. The molecule has 0 spiro atoms. The number of piperazine rings is 1. The Morgan fingerprint density at radius 3 is 2.81 bits per heavy atom. The Labute approximate surface area is 126 Å². The Hall–Kier alpha value is -1.86. The molecule has 0 aliphatic carbocycles. The highest BCUT2D eigenvalue weighted by Crippen LogP contribution is 2.29. The van der Waals surface area contributed by atoms with Crippen molar-refractivity contribution in [2.75, 3.05) is 19.6 Å². The van der Waals surface area contributed by atoms with Crippen LogP contribution in [-0.4, -0.2) is 36.5 Å². The summed E-state index contributed by atoms with van der Waals surface area (Å²) in [5, 5.41) is 12.5. The minimum atomic E-state index is -0.360. The summed E-state index contributed by atoms with van der Waals surface area (Å²) >= 11 is 0. The second-order valence-electron chi connectivity index (χ2n) is 5.65. The van der Waals surface area contributed by atoms with E-state index < -0.39 is 0 Å². The van der Waals surface area contributed by atoms with Crippen LogP contribution in [0.1, 0.15) is 31.7 Å². The van der Waals surface area contributed by atoms with E-state index in [4.69, 9.17) is 0 Å².